The molecule has 1 aromatic rings. The Morgan fingerprint density at radius 2 is 2.03 bits per heavy atom. The molecule has 2 aliphatic heterocycles. The molecule has 3 rings (SSSR count). The SMILES string of the molecule is COCCCN1C(=O)[C@@H]2C[C@H](NC(=O)COc3ccc(F)cc3)CN2CCS1(=O)=O. The van der Waals surface area contributed by atoms with E-state index in [0.717, 1.165) is 4.31 Å². The standard InChI is InChI=1S/C19H26FN3O6S/c1-28-9-2-7-23-19(25)17-11-15(12-22(17)8-10-30(23,26)27)21-18(24)13-29-16-5-3-14(20)4-6-16/h3-6,15,17H,2,7-13H2,1H3,(H,21,24)/t15-,17-/m0/s1. The average Bonchev–Trinajstić information content (AvgIpc) is 3.08. The normalized spacial score (nSPS) is 23.7. The van der Waals surface area contributed by atoms with E-state index >= 15 is 0 Å². The maximum absolute atomic E-state index is 12.9. The van der Waals surface area contributed by atoms with Gasteiger partial charge >= 0.3 is 0 Å². The van der Waals surface area contributed by atoms with E-state index in [1.165, 1.54) is 31.4 Å². The summed E-state index contributed by atoms with van der Waals surface area (Å²) in [6.07, 6.45) is 0.756. The molecule has 9 nitrogen and oxygen atoms in total. The lowest BCUT2D eigenvalue weighted by Crippen LogP contribution is -2.45. The monoisotopic (exact) mass is 443 g/mol. The van der Waals surface area contributed by atoms with Crippen LogP contribution < -0.4 is 10.1 Å². The number of nitrogens with zero attached hydrogens (tertiary/aromatic N) is 2. The van der Waals surface area contributed by atoms with Crippen LogP contribution in [0.25, 0.3) is 0 Å². The largest absolute Gasteiger partial charge is 0.484 e. The molecule has 2 fully saturated rings. The van der Waals surface area contributed by atoms with E-state index in [1.807, 2.05) is 4.90 Å². The second kappa shape index (κ2) is 9.71. The Bertz CT molecular complexity index is 864. The van der Waals surface area contributed by atoms with Gasteiger partial charge in [-0.3, -0.25) is 14.5 Å². The van der Waals surface area contributed by atoms with E-state index in [0.29, 0.717) is 31.7 Å². The molecule has 2 saturated heterocycles. The summed E-state index contributed by atoms with van der Waals surface area (Å²) in [4.78, 5) is 26.9. The Labute approximate surface area is 175 Å². The van der Waals surface area contributed by atoms with Gasteiger partial charge in [-0.25, -0.2) is 17.1 Å². The molecule has 0 aromatic heterocycles. The first-order valence-electron chi connectivity index (χ1n) is 9.75. The summed E-state index contributed by atoms with van der Waals surface area (Å²) in [7, 11) is -2.14. The number of nitrogens with one attached hydrogen (secondary N) is 1. The molecule has 0 saturated carbocycles. The first-order chi connectivity index (χ1) is 14.3. The van der Waals surface area contributed by atoms with E-state index in [9.17, 15) is 22.4 Å². The molecule has 0 spiro atoms. The van der Waals surface area contributed by atoms with Gasteiger partial charge in [-0.1, -0.05) is 0 Å². The third-order valence-electron chi connectivity index (χ3n) is 5.16. The van der Waals surface area contributed by atoms with Crippen LogP contribution in [-0.2, 0) is 24.3 Å². The molecule has 2 amide bonds. The Balaban J connectivity index is 1.55. The molecule has 2 heterocycles. The van der Waals surface area contributed by atoms with Crippen molar-refractivity contribution < 1.29 is 31.9 Å². The lowest BCUT2D eigenvalue weighted by Gasteiger charge is -2.23. The number of fused-ring (bicyclic) bond motifs is 1. The summed E-state index contributed by atoms with van der Waals surface area (Å²) in [6, 6.07) is 4.46. The fourth-order valence-electron chi connectivity index (χ4n) is 3.71. The van der Waals surface area contributed by atoms with Crippen molar-refractivity contribution in [1.29, 1.82) is 0 Å². The van der Waals surface area contributed by atoms with Crippen LogP contribution in [0.5, 0.6) is 5.75 Å². The Morgan fingerprint density at radius 3 is 2.73 bits per heavy atom. The maximum atomic E-state index is 12.9. The van der Waals surface area contributed by atoms with Gasteiger partial charge in [0.2, 0.25) is 10.0 Å². The van der Waals surface area contributed by atoms with Gasteiger partial charge in [0, 0.05) is 39.4 Å². The summed E-state index contributed by atoms with van der Waals surface area (Å²) in [5.41, 5.74) is 0. The highest BCUT2D eigenvalue weighted by atomic mass is 32.2. The zero-order valence-corrected chi connectivity index (χ0v) is 17.6. The number of amides is 2. The van der Waals surface area contributed by atoms with E-state index < -0.39 is 27.8 Å². The second-order valence-corrected chi connectivity index (χ2v) is 9.34. The van der Waals surface area contributed by atoms with Gasteiger partial charge in [-0.15, -0.1) is 0 Å². The number of hydrogen-bond donors (Lipinski definition) is 1. The maximum Gasteiger partial charge on any atom is 0.258 e. The van der Waals surface area contributed by atoms with Crippen molar-refractivity contribution in [2.75, 3.05) is 45.7 Å². The number of methoxy groups -OCH3 is 1. The molecule has 1 N–H and O–H groups in total. The third-order valence-corrected chi connectivity index (χ3v) is 6.90. The number of halogens is 1. The van der Waals surface area contributed by atoms with Crippen molar-refractivity contribution in [2.24, 2.45) is 0 Å². The van der Waals surface area contributed by atoms with Crippen LogP contribution in [0, 0.1) is 5.82 Å². The van der Waals surface area contributed by atoms with Crippen molar-refractivity contribution in [3.63, 3.8) is 0 Å². The van der Waals surface area contributed by atoms with Gasteiger partial charge in [0.05, 0.1) is 11.8 Å². The van der Waals surface area contributed by atoms with Crippen molar-refractivity contribution in [3.8, 4) is 5.75 Å². The van der Waals surface area contributed by atoms with E-state index in [-0.39, 0.29) is 37.4 Å². The lowest BCUT2D eigenvalue weighted by atomic mass is 10.1. The zero-order chi connectivity index (χ0) is 21.7. The quantitative estimate of drug-likeness (QED) is 0.563. The molecular weight excluding hydrogens is 417 g/mol. The predicted octanol–water partition coefficient (Wildman–Crippen LogP) is -0.0279. The summed E-state index contributed by atoms with van der Waals surface area (Å²) >= 11 is 0. The van der Waals surface area contributed by atoms with Gasteiger partial charge in [-0.05, 0) is 37.1 Å². The first-order valence-corrected chi connectivity index (χ1v) is 11.4. The summed E-state index contributed by atoms with van der Waals surface area (Å²) < 4.78 is 49.1. The number of sulfonamides is 1. The van der Waals surface area contributed by atoms with Crippen molar-refractivity contribution >= 4 is 21.8 Å². The number of carbonyl (C=O) groups is 2. The molecule has 2 aliphatic rings. The highest BCUT2D eigenvalue weighted by Gasteiger charge is 2.45. The number of benzene rings is 1. The minimum absolute atomic E-state index is 0.0852. The van der Waals surface area contributed by atoms with Crippen LogP contribution in [0.15, 0.2) is 24.3 Å². The van der Waals surface area contributed by atoms with Gasteiger partial charge in [0.25, 0.3) is 11.8 Å². The predicted molar refractivity (Wildman–Crippen MR) is 106 cm³/mol. The molecule has 1 aromatic carbocycles. The van der Waals surface area contributed by atoms with Gasteiger partial charge in [0.15, 0.2) is 6.61 Å². The molecule has 0 unspecified atom stereocenters. The number of rotatable bonds is 8. The molecule has 166 valence electrons. The van der Waals surface area contributed by atoms with Crippen LogP contribution in [0.4, 0.5) is 4.39 Å². The lowest BCUT2D eigenvalue weighted by molar-refractivity contribution is -0.130. The Kier molecular flexibility index (Phi) is 7.27. The number of hydrogen-bond acceptors (Lipinski definition) is 7. The Hall–Kier alpha value is -2.24. The van der Waals surface area contributed by atoms with Crippen LogP contribution in [0.3, 0.4) is 0 Å². The van der Waals surface area contributed by atoms with Gasteiger partial charge in [0.1, 0.15) is 11.6 Å². The first kappa shape index (κ1) is 22.4. The molecule has 0 bridgehead atoms. The van der Waals surface area contributed by atoms with Crippen molar-refractivity contribution in [3.05, 3.63) is 30.1 Å². The van der Waals surface area contributed by atoms with Crippen molar-refractivity contribution in [1.82, 2.24) is 14.5 Å². The van der Waals surface area contributed by atoms with Crippen LogP contribution in [-0.4, -0.2) is 87.2 Å². The van der Waals surface area contributed by atoms with Gasteiger partial charge in [-0.2, -0.15) is 0 Å². The van der Waals surface area contributed by atoms with Crippen LogP contribution in [0.2, 0.25) is 0 Å². The summed E-state index contributed by atoms with van der Waals surface area (Å²) in [5, 5.41) is 2.83. The highest BCUT2D eigenvalue weighted by molar-refractivity contribution is 7.89. The fourth-order valence-corrected chi connectivity index (χ4v) is 5.20. The smallest absolute Gasteiger partial charge is 0.258 e. The minimum Gasteiger partial charge on any atom is -0.484 e. The van der Waals surface area contributed by atoms with Crippen molar-refractivity contribution in [2.45, 2.75) is 24.9 Å². The molecule has 2 atom stereocenters. The topological polar surface area (TPSA) is 105 Å². The minimum atomic E-state index is -3.66. The van der Waals surface area contributed by atoms with E-state index in [4.69, 9.17) is 9.47 Å². The Morgan fingerprint density at radius 1 is 1.30 bits per heavy atom. The summed E-state index contributed by atoms with van der Waals surface area (Å²) in [6.45, 7) is 0.832. The second-order valence-electron chi connectivity index (χ2n) is 7.33. The number of carbonyl (C=O) groups excluding carboxylic acids is 2. The van der Waals surface area contributed by atoms with Gasteiger partial charge < -0.3 is 14.8 Å². The molecular formula is C19H26FN3O6S. The zero-order valence-electron chi connectivity index (χ0n) is 16.8. The third kappa shape index (κ3) is 5.46. The fraction of sp³-hybridized carbons (Fsp3) is 0.579. The van der Waals surface area contributed by atoms with E-state index in [2.05, 4.69) is 5.32 Å². The molecule has 11 heteroatoms. The van der Waals surface area contributed by atoms with E-state index in [1.54, 1.807) is 0 Å². The van der Waals surface area contributed by atoms with Crippen LogP contribution >= 0.6 is 0 Å². The highest BCUT2D eigenvalue weighted by Crippen LogP contribution is 2.25. The average molecular weight is 443 g/mol. The number of ether oxygens (including phenoxy) is 2. The summed E-state index contributed by atoms with van der Waals surface area (Å²) in [5.74, 6) is -0.981. The molecule has 0 aliphatic carbocycles. The molecule has 30 heavy (non-hydrogen) atoms. The molecule has 0 radical (unpaired) electrons. The van der Waals surface area contributed by atoms with Crippen LogP contribution in [0.1, 0.15) is 12.8 Å².